The van der Waals surface area contributed by atoms with E-state index in [-0.39, 0.29) is 18.5 Å². The topological polar surface area (TPSA) is 70.6 Å². The Hall–Kier alpha value is -0.650. The molecule has 0 saturated carbocycles. The minimum atomic E-state index is -0.712. The van der Waals surface area contributed by atoms with Crippen molar-refractivity contribution in [3.05, 3.63) is 0 Å². The van der Waals surface area contributed by atoms with Gasteiger partial charge in [0.15, 0.2) is 0 Å². The predicted molar refractivity (Wildman–Crippen MR) is 61.2 cm³/mol. The van der Waals surface area contributed by atoms with Crippen molar-refractivity contribution in [2.45, 2.75) is 38.3 Å². The van der Waals surface area contributed by atoms with Crippen LogP contribution in [0.25, 0.3) is 0 Å². The maximum absolute atomic E-state index is 11.3. The highest BCUT2D eigenvalue weighted by Crippen LogP contribution is 2.18. The van der Waals surface area contributed by atoms with Gasteiger partial charge in [0, 0.05) is 38.6 Å². The van der Waals surface area contributed by atoms with E-state index in [0.29, 0.717) is 32.6 Å². The summed E-state index contributed by atoms with van der Waals surface area (Å²) in [4.78, 5) is 11.3. The summed E-state index contributed by atoms with van der Waals surface area (Å²) in [6, 6.07) is 0.153. The zero-order valence-electron chi connectivity index (χ0n) is 10.1. The maximum atomic E-state index is 11.3. The summed E-state index contributed by atoms with van der Waals surface area (Å²) < 4.78 is 5.18. The van der Waals surface area contributed by atoms with Crippen molar-refractivity contribution in [3.63, 3.8) is 0 Å². The molecule has 0 spiro atoms. The quantitative estimate of drug-likeness (QED) is 0.603. The van der Waals surface area contributed by atoms with Crippen LogP contribution in [0, 0.1) is 0 Å². The standard InChI is InChI=1S/C11H22N2O3/c1-9(2)13-10(14)7-12-8-11(15)3-5-16-6-4-11/h9,12,15H,3-8H2,1-2H3,(H,13,14). The van der Waals surface area contributed by atoms with Crippen LogP contribution < -0.4 is 10.6 Å². The van der Waals surface area contributed by atoms with Gasteiger partial charge in [-0.2, -0.15) is 0 Å². The Morgan fingerprint density at radius 1 is 1.44 bits per heavy atom. The molecular weight excluding hydrogens is 208 g/mol. The largest absolute Gasteiger partial charge is 0.388 e. The summed E-state index contributed by atoms with van der Waals surface area (Å²) in [5, 5.41) is 15.9. The van der Waals surface area contributed by atoms with Gasteiger partial charge in [-0.3, -0.25) is 4.79 Å². The van der Waals surface area contributed by atoms with E-state index in [1.165, 1.54) is 0 Å². The van der Waals surface area contributed by atoms with Gasteiger partial charge in [0.2, 0.25) is 5.91 Å². The van der Waals surface area contributed by atoms with Crippen LogP contribution in [-0.4, -0.2) is 49.0 Å². The van der Waals surface area contributed by atoms with Crippen molar-refractivity contribution >= 4 is 5.91 Å². The zero-order valence-corrected chi connectivity index (χ0v) is 10.1. The minimum Gasteiger partial charge on any atom is -0.388 e. The first-order valence-corrected chi connectivity index (χ1v) is 5.82. The summed E-state index contributed by atoms with van der Waals surface area (Å²) in [7, 11) is 0. The summed E-state index contributed by atoms with van der Waals surface area (Å²) >= 11 is 0. The average Bonchev–Trinajstić information content (AvgIpc) is 2.17. The van der Waals surface area contributed by atoms with E-state index in [1.54, 1.807) is 0 Å². The monoisotopic (exact) mass is 230 g/mol. The molecule has 5 heteroatoms. The SMILES string of the molecule is CC(C)NC(=O)CNCC1(O)CCOCC1. The Kier molecular flexibility index (Phi) is 5.18. The van der Waals surface area contributed by atoms with Gasteiger partial charge in [-0.05, 0) is 13.8 Å². The lowest BCUT2D eigenvalue weighted by Gasteiger charge is -2.32. The van der Waals surface area contributed by atoms with E-state index in [4.69, 9.17) is 4.74 Å². The molecule has 0 radical (unpaired) electrons. The lowest BCUT2D eigenvalue weighted by Crippen LogP contribution is -2.47. The normalized spacial score (nSPS) is 19.8. The molecular formula is C11H22N2O3. The van der Waals surface area contributed by atoms with Gasteiger partial charge >= 0.3 is 0 Å². The Morgan fingerprint density at radius 3 is 2.62 bits per heavy atom. The molecule has 3 N–H and O–H groups in total. The predicted octanol–water partition coefficient (Wildman–Crippen LogP) is -0.358. The number of nitrogens with one attached hydrogen (secondary N) is 2. The molecule has 1 rings (SSSR count). The van der Waals surface area contributed by atoms with Crippen molar-refractivity contribution in [3.8, 4) is 0 Å². The lowest BCUT2D eigenvalue weighted by molar-refractivity contribution is -0.121. The van der Waals surface area contributed by atoms with Crippen LogP contribution in [-0.2, 0) is 9.53 Å². The van der Waals surface area contributed by atoms with Crippen molar-refractivity contribution in [2.24, 2.45) is 0 Å². The van der Waals surface area contributed by atoms with Crippen LogP contribution >= 0.6 is 0 Å². The molecule has 94 valence electrons. The first-order valence-electron chi connectivity index (χ1n) is 5.82. The van der Waals surface area contributed by atoms with Gasteiger partial charge < -0.3 is 20.5 Å². The second kappa shape index (κ2) is 6.18. The van der Waals surface area contributed by atoms with E-state index < -0.39 is 5.60 Å². The highest BCUT2D eigenvalue weighted by atomic mass is 16.5. The Bertz CT molecular complexity index is 225. The van der Waals surface area contributed by atoms with Gasteiger partial charge in [-0.1, -0.05) is 0 Å². The Labute approximate surface area is 96.6 Å². The highest BCUT2D eigenvalue weighted by molar-refractivity contribution is 5.78. The van der Waals surface area contributed by atoms with Crippen LogP contribution in [0.15, 0.2) is 0 Å². The van der Waals surface area contributed by atoms with E-state index >= 15 is 0 Å². The first kappa shape index (κ1) is 13.4. The Morgan fingerprint density at radius 2 is 2.06 bits per heavy atom. The molecule has 0 atom stereocenters. The molecule has 0 aromatic carbocycles. The van der Waals surface area contributed by atoms with Gasteiger partial charge in [0.25, 0.3) is 0 Å². The minimum absolute atomic E-state index is 0.0364. The molecule has 1 aliphatic rings. The fourth-order valence-corrected chi connectivity index (χ4v) is 1.71. The molecule has 0 aromatic rings. The second-order valence-corrected chi connectivity index (χ2v) is 4.66. The number of ether oxygens (including phenoxy) is 1. The van der Waals surface area contributed by atoms with Crippen molar-refractivity contribution in [1.82, 2.24) is 10.6 Å². The molecule has 0 aliphatic carbocycles. The smallest absolute Gasteiger partial charge is 0.234 e. The number of hydrogen-bond acceptors (Lipinski definition) is 4. The number of rotatable bonds is 5. The van der Waals surface area contributed by atoms with E-state index in [2.05, 4.69) is 10.6 Å². The van der Waals surface area contributed by atoms with Crippen LogP contribution in [0.4, 0.5) is 0 Å². The van der Waals surface area contributed by atoms with E-state index in [0.717, 1.165) is 0 Å². The van der Waals surface area contributed by atoms with E-state index in [1.807, 2.05) is 13.8 Å². The van der Waals surface area contributed by atoms with E-state index in [9.17, 15) is 9.90 Å². The highest BCUT2D eigenvalue weighted by Gasteiger charge is 2.29. The molecule has 1 fully saturated rings. The summed E-state index contributed by atoms with van der Waals surface area (Å²) in [5.74, 6) is -0.0364. The molecule has 1 heterocycles. The lowest BCUT2D eigenvalue weighted by atomic mass is 9.94. The fraction of sp³-hybridized carbons (Fsp3) is 0.909. The van der Waals surface area contributed by atoms with Crippen LogP contribution in [0.1, 0.15) is 26.7 Å². The molecule has 5 nitrogen and oxygen atoms in total. The summed E-state index contributed by atoms with van der Waals surface area (Å²) in [5.41, 5.74) is -0.712. The van der Waals surface area contributed by atoms with Crippen molar-refractivity contribution < 1.29 is 14.6 Å². The van der Waals surface area contributed by atoms with Crippen molar-refractivity contribution in [2.75, 3.05) is 26.3 Å². The first-order chi connectivity index (χ1) is 7.52. The van der Waals surface area contributed by atoms with Crippen molar-refractivity contribution in [1.29, 1.82) is 0 Å². The number of aliphatic hydroxyl groups is 1. The third kappa shape index (κ3) is 4.92. The molecule has 1 amide bonds. The van der Waals surface area contributed by atoms with Gasteiger partial charge in [0.1, 0.15) is 0 Å². The fourth-order valence-electron chi connectivity index (χ4n) is 1.71. The molecule has 0 unspecified atom stereocenters. The number of carbonyl (C=O) groups excluding carboxylic acids is 1. The second-order valence-electron chi connectivity index (χ2n) is 4.66. The molecule has 1 saturated heterocycles. The van der Waals surface area contributed by atoms with Gasteiger partial charge in [-0.15, -0.1) is 0 Å². The van der Waals surface area contributed by atoms with Crippen LogP contribution in [0.2, 0.25) is 0 Å². The molecule has 1 aliphatic heterocycles. The third-order valence-corrected chi connectivity index (χ3v) is 2.61. The zero-order chi connectivity index (χ0) is 12.0. The number of amides is 1. The third-order valence-electron chi connectivity index (χ3n) is 2.61. The van der Waals surface area contributed by atoms with Crippen LogP contribution in [0.5, 0.6) is 0 Å². The number of carbonyl (C=O) groups is 1. The maximum Gasteiger partial charge on any atom is 0.234 e. The summed E-state index contributed by atoms with van der Waals surface area (Å²) in [6.45, 7) is 5.73. The average molecular weight is 230 g/mol. The number of hydrogen-bond donors (Lipinski definition) is 3. The van der Waals surface area contributed by atoms with Crippen LogP contribution in [0.3, 0.4) is 0 Å². The summed E-state index contributed by atoms with van der Waals surface area (Å²) in [6.07, 6.45) is 1.26. The molecule has 0 aromatic heterocycles. The van der Waals surface area contributed by atoms with Gasteiger partial charge in [-0.25, -0.2) is 0 Å². The molecule has 0 bridgehead atoms. The Balaban J connectivity index is 2.16. The van der Waals surface area contributed by atoms with Gasteiger partial charge in [0.05, 0.1) is 12.1 Å². The molecule has 16 heavy (non-hydrogen) atoms.